The van der Waals surface area contributed by atoms with E-state index >= 15 is 0 Å². The lowest BCUT2D eigenvalue weighted by Gasteiger charge is -2.36. The monoisotopic (exact) mass is 439 g/mol. The molecule has 2 aliphatic heterocycles. The van der Waals surface area contributed by atoms with E-state index < -0.39 is 29.3 Å². The van der Waals surface area contributed by atoms with E-state index in [4.69, 9.17) is 4.74 Å². The van der Waals surface area contributed by atoms with Gasteiger partial charge in [0.25, 0.3) is 11.8 Å². The Balaban J connectivity index is 1.52. The van der Waals surface area contributed by atoms with Gasteiger partial charge in [-0.3, -0.25) is 9.59 Å². The van der Waals surface area contributed by atoms with Crippen LogP contribution in [0.4, 0.5) is 20.6 Å². The van der Waals surface area contributed by atoms with Crippen LogP contribution in [-0.2, 0) is 4.74 Å². The van der Waals surface area contributed by atoms with Crippen LogP contribution < -0.4 is 15.1 Å². The fraction of sp³-hybridized carbons (Fsp3) is 0.375. The molecular weight excluding hydrogens is 413 g/mol. The average Bonchev–Trinajstić information content (AvgIpc) is 2.98. The molecule has 2 aromatic rings. The topological polar surface area (TPSA) is 79.0 Å². The van der Waals surface area contributed by atoms with Gasteiger partial charge in [-0.1, -0.05) is 12.1 Å². The van der Waals surface area contributed by atoms with Gasteiger partial charge in [-0.25, -0.2) is 14.1 Å². The number of fused-ring (bicyclic) bond motifs is 1. The maximum absolute atomic E-state index is 14.2. The molecule has 2 aliphatic rings. The molecule has 2 aromatic carbocycles. The van der Waals surface area contributed by atoms with Crippen molar-refractivity contribution in [2.24, 2.45) is 0 Å². The van der Waals surface area contributed by atoms with E-state index in [-0.39, 0.29) is 11.7 Å². The van der Waals surface area contributed by atoms with Crippen molar-refractivity contribution in [2.75, 3.05) is 22.9 Å². The summed E-state index contributed by atoms with van der Waals surface area (Å²) in [6.45, 7) is 6.57. The van der Waals surface area contributed by atoms with Crippen molar-refractivity contribution < 1.29 is 23.5 Å². The van der Waals surface area contributed by atoms with E-state index in [2.05, 4.69) is 5.32 Å². The zero-order valence-corrected chi connectivity index (χ0v) is 18.4. The molecule has 1 fully saturated rings. The molecule has 0 bridgehead atoms. The molecule has 2 heterocycles. The Morgan fingerprint density at radius 2 is 1.59 bits per heavy atom. The molecule has 7 nitrogen and oxygen atoms in total. The first kappa shape index (κ1) is 21.8. The summed E-state index contributed by atoms with van der Waals surface area (Å²) in [7, 11) is 0. The van der Waals surface area contributed by atoms with Crippen LogP contribution in [0.5, 0.6) is 0 Å². The first-order valence-corrected chi connectivity index (χ1v) is 10.7. The summed E-state index contributed by atoms with van der Waals surface area (Å²) < 4.78 is 19.5. The Morgan fingerprint density at radius 3 is 2.16 bits per heavy atom. The van der Waals surface area contributed by atoms with Gasteiger partial charge in [-0.2, -0.15) is 0 Å². The predicted octanol–water partition coefficient (Wildman–Crippen LogP) is 4.12. The van der Waals surface area contributed by atoms with Gasteiger partial charge < -0.3 is 15.0 Å². The summed E-state index contributed by atoms with van der Waals surface area (Å²) in [5.74, 6) is -1.44. The van der Waals surface area contributed by atoms with Crippen LogP contribution in [0.15, 0.2) is 42.5 Å². The van der Waals surface area contributed by atoms with Crippen LogP contribution in [0.3, 0.4) is 0 Å². The SMILES string of the molecule is CC(C)(C)OC(=O)NC1CCN(c2ccc(F)cc2N2C(=O)c3ccccc3C2=O)CC1. The minimum Gasteiger partial charge on any atom is -0.444 e. The number of ether oxygens (including phenoxy) is 1. The number of rotatable bonds is 3. The van der Waals surface area contributed by atoms with E-state index in [1.807, 2.05) is 25.7 Å². The first-order valence-electron chi connectivity index (χ1n) is 10.7. The summed E-state index contributed by atoms with van der Waals surface area (Å²) in [6, 6.07) is 10.7. The number of hydrogen-bond acceptors (Lipinski definition) is 5. The molecule has 1 N–H and O–H groups in total. The fourth-order valence-corrected chi connectivity index (χ4v) is 4.09. The number of piperidine rings is 1. The zero-order valence-electron chi connectivity index (χ0n) is 18.4. The second kappa shape index (κ2) is 8.26. The molecule has 4 rings (SSSR count). The van der Waals surface area contributed by atoms with E-state index in [0.29, 0.717) is 42.7 Å². The summed E-state index contributed by atoms with van der Waals surface area (Å²) in [5.41, 5.74) is 0.896. The molecule has 1 saturated heterocycles. The van der Waals surface area contributed by atoms with Crippen LogP contribution in [0.25, 0.3) is 0 Å². The molecule has 0 saturated carbocycles. The van der Waals surface area contributed by atoms with Gasteiger partial charge in [0.2, 0.25) is 0 Å². The van der Waals surface area contributed by atoms with E-state index in [1.165, 1.54) is 12.1 Å². The van der Waals surface area contributed by atoms with Gasteiger partial charge in [0.15, 0.2) is 0 Å². The van der Waals surface area contributed by atoms with Crippen molar-refractivity contribution in [3.63, 3.8) is 0 Å². The quantitative estimate of drug-likeness (QED) is 0.728. The molecule has 8 heteroatoms. The highest BCUT2D eigenvalue weighted by molar-refractivity contribution is 6.35. The lowest BCUT2D eigenvalue weighted by atomic mass is 10.0. The highest BCUT2D eigenvalue weighted by Gasteiger charge is 2.38. The van der Waals surface area contributed by atoms with Crippen molar-refractivity contribution in [1.29, 1.82) is 0 Å². The zero-order chi connectivity index (χ0) is 23.0. The van der Waals surface area contributed by atoms with Crippen molar-refractivity contribution in [1.82, 2.24) is 5.32 Å². The van der Waals surface area contributed by atoms with Crippen LogP contribution >= 0.6 is 0 Å². The maximum Gasteiger partial charge on any atom is 0.407 e. The molecule has 0 radical (unpaired) electrons. The summed E-state index contributed by atoms with van der Waals surface area (Å²) >= 11 is 0. The van der Waals surface area contributed by atoms with Crippen LogP contribution in [0.2, 0.25) is 0 Å². The van der Waals surface area contributed by atoms with Crippen molar-refractivity contribution in [3.8, 4) is 0 Å². The van der Waals surface area contributed by atoms with E-state index in [1.54, 1.807) is 30.3 Å². The number of nitrogens with zero attached hydrogens (tertiary/aromatic N) is 2. The Bertz CT molecular complexity index is 1040. The number of imide groups is 1. The van der Waals surface area contributed by atoms with E-state index in [9.17, 15) is 18.8 Å². The number of nitrogens with one attached hydrogen (secondary N) is 1. The van der Waals surface area contributed by atoms with Crippen LogP contribution in [0.1, 0.15) is 54.3 Å². The number of alkyl carbamates (subject to hydrolysis) is 1. The van der Waals surface area contributed by atoms with Crippen LogP contribution in [-0.4, -0.2) is 42.6 Å². The Labute approximate surface area is 186 Å². The molecular formula is C24H26FN3O4. The molecule has 0 unspecified atom stereocenters. The van der Waals surface area contributed by atoms with Crippen molar-refractivity contribution >= 4 is 29.3 Å². The molecule has 0 aliphatic carbocycles. The number of hydrogen-bond donors (Lipinski definition) is 1. The summed E-state index contributed by atoms with van der Waals surface area (Å²) in [5, 5.41) is 2.89. The summed E-state index contributed by atoms with van der Waals surface area (Å²) in [4.78, 5) is 41.0. The largest absolute Gasteiger partial charge is 0.444 e. The number of halogens is 1. The molecule has 32 heavy (non-hydrogen) atoms. The third kappa shape index (κ3) is 4.30. The number of amides is 3. The molecule has 168 valence electrons. The maximum atomic E-state index is 14.2. The Hall–Kier alpha value is -3.42. The minimum absolute atomic E-state index is 0.0516. The lowest BCUT2D eigenvalue weighted by molar-refractivity contribution is 0.0496. The lowest BCUT2D eigenvalue weighted by Crippen LogP contribution is -2.46. The molecule has 0 spiro atoms. The van der Waals surface area contributed by atoms with Gasteiger partial charge in [-0.15, -0.1) is 0 Å². The molecule has 3 amide bonds. The van der Waals surface area contributed by atoms with Gasteiger partial charge in [0.1, 0.15) is 11.4 Å². The van der Waals surface area contributed by atoms with E-state index in [0.717, 1.165) is 4.90 Å². The fourth-order valence-electron chi connectivity index (χ4n) is 4.09. The first-order chi connectivity index (χ1) is 15.1. The number of benzene rings is 2. The molecule has 0 aromatic heterocycles. The summed E-state index contributed by atoms with van der Waals surface area (Å²) in [6.07, 6.45) is 0.848. The standard InChI is InChI=1S/C24H26FN3O4/c1-24(2,3)32-23(31)26-16-10-12-27(13-11-16)19-9-8-15(25)14-20(19)28-21(29)17-6-4-5-7-18(17)22(28)30/h4-9,14,16H,10-13H2,1-3H3,(H,26,31). The predicted molar refractivity (Wildman–Crippen MR) is 119 cm³/mol. The second-order valence-electron chi connectivity index (χ2n) is 9.03. The minimum atomic E-state index is -0.569. The van der Waals surface area contributed by atoms with Crippen molar-refractivity contribution in [2.45, 2.75) is 45.3 Å². The second-order valence-corrected chi connectivity index (χ2v) is 9.03. The smallest absolute Gasteiger partial charge is 0.407 e. The average molecular weight is 439 g/mol. The van der Waals surface area contributed by atoms with Gasteiger partial charge in [-0.05, 0) is 57.9 Å². The number of anilines is 2. The highest BCUT2D eigenvalue weighted by atomic mass is 19.1. The third-order valence-corrected chi connectivity index (χ3v) is 5.53. The highest BCUT2D eigenvalue weighted by Crippen LogP contribution is 2.37. The molecule has 0 atom stereocenters. The van der Waals surface area contributed by atoms with Crippen LogP contribution in [0, 0.1) is 5.82 Å². The normalized spacial score (nSPS) is 16.9. The Morgan fingerprint density at radius 1 is 1.00 bits per heavy atom. The van der Waals surface area contributed by atoms with Gasteiger partial charge >= 0.3 is 6.09 Å². The number of carbonyl (C=O) groups excluding carboxylic acids is 3. The Kier molecular flexibility index (Phi) is 5.62. The van der Waals surface area contributed by atoms with Crippen molar-refractivity contribution in [3.05, 3.63) is 59.4 Å². The van der Waals surface area contributed by atoms with Gasteiger partial charge in [0, 0.05) is 25.2 Å². The number of carbonyl (C=O) groups is 3. The van der Waals surface area contributed by atoms with Gasteiger partial charge in [0.05, 0.1) is 22.5 Å². The third-order valence-electron chi connectivity index (χ3n) is 5.53.